The Morgan fingerprint density at radius 2 is 2.00 bits per heavy atom. The lowest BCUT2D eigenvalue weighted by molar-refractivity contribution is -0.141. The summed E-state index contributed by atoms with van der Waals surface area (Å²) >= 11 is 0. The lowest BCUT2D eigenvalue weighted by Crippen LogP contribution is -2.16. The van der Waals surface area contributed by atoms with Crippen molar-refractivity contribution in [3.05, 3.63) is 35.4 Å². The van der Waals surface area contributed by atoms with Gasteiger partial charge in [-0.15, -0.1) is 0 Å². The lowest BCUT2D eigenvalue weighted by atomic mass is 9.95. The zero-order valence-corrected chi connectivity index (χ0v) is 10.2. The molecule has 98 valence electrons. The molecular formula is C13H14F2O3. The number of carbonyl (C=O) groups is 2. The van der Waals surface area contributed by atoms with Crippen LogP contribution in [-0.2, 0) is 9.53 Å². The predicted molar refractivity (Wildman–Crippen MR) is 61.5 cm³/mol. The number of alkyl halides is 2. The summed E-state index contributed by atoms with van der Waals surface area (Å²) in [6.45, 7) is 1.56. The summed E-state index contributed by atoms with van der Waals surface area (Å²) in [6, 6.07) is 5.27. The second-order valence-electron chi connectivity index (χ2n) is 3.97. The van der Waals surface area contributed by atoms with Gasteiger partial charge in [-0.2, -0.15) is 0 Å². The molecular weight excluding hydrogens is 242 g/mol. The molecule has 3 nitrogen and oxygen atoms in total. The summed E-state index contributed by atoms with van der Waals surface area (Å²) in [5, 5.41) is 0. The van der Waals surface area contributed by atoms with E-state index in [0.29, 0.717) is 0 Å². The zero-order chi connectivity index (χ0) is 13.7. The average molecular weight is 256 g/mol. The molecule has 1 unspecified atom stereocenters. The third kappa shape index (κ3) is 3.61. The largest absolute Gasteiger partial charge is 0.469 e. The quantitative estimate of drug-likeness (QED) is 0.600. The van der Waals surface area contributed by atoms with Crippen LogP contribution in [-0.4, -0.2) is 18.9 Å². The Kier molecular flexibility index (Phi) is 4.95. The van der Waals surface area contributed by atoms with E-state index in [1.165, 1.54) is 25.3 Å². The first-order valence-corrected chi connectivity index (χ1v) is 5.44. The van der Waals surface area contributed by atoms with E-state index >= 15 is 0 Å². The highest BCUT2D eigenvalue weighted by molar-refractivity contribution is 5.99. The number of carbonyl (C=O) groups excluding carboxylic acids is 2. The molecule has 0 aromatic heterocycles. The van der Waals surface area contributed by atoms with Crippen LogP contribution in [0.2, 0.25) is 0 Å². The molecule has 0 spiro atoms. The van der Waals surface area contributed by atoms with Gasteiger partial charge in [-0.3, -0.25) is 9.59 Å². The van der Waals surface area contributed by atoms with Gasteiger partial charge in [0.15, 0.2) is 5.78 Å². The average Bonchev–Trinajstić information content (AvgIpc) is 2.37. The summed E-state index contributed by atoms with van der Waals surface area (Å²) in [5.41, 5.74) is -0.0182. The number of rotatable bonds is 5. The minimum atomic E-state index is -2.62. The topological polar surface area (TPSA) is 43.4 Å². The zero-order valence-electron chi connectivity index (χ0n) is 10.2. The third-order valence-corrected chi connectivity index (χ3v) is 2.57. The molecule has 0 heterocycles. The van der Waals surface area contributed by atoms with Gasteiger partial charge in [-0.05, 0) is 6.07 Å². The van der Waals surface area contributed by atoms with Gasteiger partial charge in [0.05, 0.1) is 13.5 Å². The van der Waals surface area contributed by atoms with Gasteiger partial charge in [0, 0.05) is 17.0 Å². The standard InChI is InChI=1S/C13H14F2O3/c1-8(6-11(16)18-2)12(17)9-4-3-5-10(7-9)13(14)15/h3-5,7-8,13H,6H2,1-2H3. The van der Waals surface area contributed by atoms with Crippen LogP contribution in [0.1, 0.15) is 35.7 Å². The molecule has 0 aliphatic carbocycles. The summed E-state index contributed by atoms with van der Waals surface area (Å²) in [4.78, 5) is 23.0. The Bertz CT molecular complexity index is 444. The molecule has 1 aromatic rings. The molecule has 1 rings (SSSR count). The molecule has 18 heavy (non-hydrogen) atoms. The molecule has 5 heteroatoms. The number of hydrogen-bond acceptors (Lipinski definition) is 3. The number of methoxy groups -OCH3 is 1. The number of hydrogen-bond donors (Lipinski definition) is 0. The molecule has 0 aliphatic rings. The van der Waals surface area contributed by atoms with Crippen molar-refractivity contribution in [1.29, 1.82) is 0 Å². The van der Waals surface area contributed by atoms with Crippen LogP contribution >= 0.6 is 0 Å². The van der Waals surface area contributed by atoms with Gasteiger partial charge in [-0.25, -0.2) is 8.78 Å². The smallest absolute Gasteiger partial charge is 0.306 e. The Morgan fingerprint density at radius 1 is 1.33 bits per heavy atom. The van der Waals surface area contributed by atoms with Crippen molar-refractivity contribution in [3.8, 4) is 0 Å². The van der Waals surface area contributed by atoms with E-state index in [2.05, 4.69) is 4.74 Å². The normalized spacial score (nSPS) is 12.3. The monoisotopic (exact) mass is 256 g/mol. The van der Waals surface area contributed by atoms with Crippen molar-refractivity contribution in [3.63, 3.8) is 0 Å². The maximum absolute atomic E-state index is 12.5. The summed E-state index contributed by atoms with van der Waals surface area (Å²) in [7, 11) is 1.23. The summed E-state index contributed by atoms with van der Waals surface area (Å²) < 4.78 is 29.4. The van der Waals surface area contributed by atoms with Crippen LogP contribution < -0.4 is 0 Å². The van der Waals surface area contributed by atoms with E-state index in [-0.39, 0.29) is 23.3 Å². The van der Waals surface area contributed by atoms with Crippen molar-refractivity contribution in [2.75, 3.05) is 7.11 Å². The molecule has 0 fully saturated rings. The van der Waals surface area contributed by atoms with E-state index < -0.39 is 18.3 Å². The van der Waals surface area contributed by atoms with Gasteiger partial charge < -0.3 is 4.74 Å². The predicted octanol–water partition coefficient (Wildman–Crippen LogP) is 3.01. The number of halogens is 2. The molecule has 0 aliphatic heterocycles. The molecule has 0 amide bonds. The summed E-state index contributed by atoms with van der Waals surface area (Å²) in [5.74, 6) is -1.44. The van der Waals surface area contributed by atoms with Gasteiger partial charge in [0.2, 0.25) is 0 Å². The molecule has 0 bridgehead atoms. The maximum atomic E-state index is 12.5. The van der Waals surface area contributed by atoms with Crippen molar-refractivity contribution in [2.24, 2.45) is 5.92 Å². The highest BCUT2D eigenvalue weighted by atomic mass is 19.3. The van der Waals surface area contributed by atoms with Crippen LogP contribution in [0.15, 0.2) is 24.3 Å². The Balaban J connectivity index is 2.83. The van der Waals surface area contributed by atoms with E-state index in [9.17, 15) is 18.4 Å². The minimum Gasteiger partial charge on any atom is -0.469 e. The minimum absolute atomic E-state index is 0.0613. The summed E-state index contributed by atoms with van der Waals surface area (Å²) in [6.07, 6.45) is -2.68. The van der Waals surface area contributed by atoms with Crippen molar-refractivity contribution in [1.82, 2.24) is 0 Å². The van der Waals surface area contributed by atoms with Gasteiger partial charge >= 0.3 is 5.97 Å². The number of Topliss-reactive ketones (excluding diaryl/α,β-unsaturated/α-hetero) is 1. The number of ketones is 1. The first kappa shape index (κ1) is 14.3. The van der Waals surface area contributed by atoms with Crippen molar-refractivity contribution in [2.45, 2.75) is 19.8 Å². The Morgan fingerprint density at radius 3 is 2.56 bits per heavy atom. The van der Waals surface area contributed by atoms with E-state index in [4.69, 9.17) is 0 Å². The van der Waals surface area contributed by atoms with Crippen LogP contribution in [0, 0.1) is 5.92 Å². The third-order valence-electron chi connectivity index (χ3n) is 2.57. The van der Waals surface area contributed by atoms with E-state index in [0.717, 1.165) is 6.07 Å². The number of ether oxygens (including phenoxy) is 1. The first-order valence-electron chi connectivity index (χ1n) is 5.44. The number of benzene rings is 1. The van der Waals surface area contributed by atoms with Crippen LogP contribution in [0.3, 0.4) is 0 Å². The second-order valence-corrected chi connectivity index (χ2v) is 3.97. The van der Waals surface area contributed by atoms with Gasteiger partial charge in [0.25, 0.3) is 6.43 Å². The fraction of sp³-hybridized carbons (Fsp3) is 0.385. The second kappa shape index (κ2) is 6.23. The maximum Gasteiger partial charge on any atom is 0.306 e. The molecule has 1 aromatic carbocycles. The Labute approximate surface area is 104 Å². The van der Waals surface area contributed by atoms with Gasteiger partial charge in [-0.1, -0.05) is 25.1 Å². The Hall–Kier alpha value is -1.78. The highest BCUT2D eigenvalue weighted by Gasteiger charge is 2.20. The highest BCUT2D eigenvalue weighted by Crippen LogP contribution is 2.21. The van der Waals surface area contributed by atoms with Crippen LogP contribution in [0.4, 0.5) is 8.78 Å². The first-order chi connectivity index (χ1) is 8.45. The van der Waals surface area contributed by atoms with Crippen molar-refractivity contribution < 1.29 is 23.1 Å². The van der Waals surface area contributed by atoms with Crippen LogP contribution in [0.25, 0.3) is 0 Å². The lowest BCUT2D eigenvalue weighted by Gasteiger charge is -2.10. The van der Waals surface area contributed by atoms with E-state index in [1.807, 2.05) is 0 Å². The molecule has 0 saturated carbocycles. The van der Waals surface area contributed by atoms with Crippen molar-refractivity contribution >= 4 is 11.8 Å². The van der Waals surface area contributed by atoms with E-state index in [1.54, 1.807) is 6.92 Å². The fourth-order valence-electron chi connectivity index (χ4n) is 1.54. The van der Waals surface area contributed by atoms with Crippen LogP contribution in [0.5, 0.6) is 0 Å². The SMILES string of the molecule is COC(=O)CC(C)C(=O)c1cccc(C(F)F)c1. The molecule has 0 radical (unpaired) electrons. The molecule has 0 N–H and O–H groups in total. The molecule has 1 atom stereocenters. The van der Waals surface area contributed by atoms with Gasteiger partial charge in [0.1, 0.15) is 0 Å². The molecule has 0 saturated heterocycles. The fourth-order valence-corrected chi connectivity index (χ4v) is 1.54. The number of esters is 1.